The first-order valence-corrected chi connectivity index (χ1v) is 6.97. The van der Waals surface area contributed by atoms with E-state index in [-0.39, 0.29) is 6.04 Å². The lowest BCUT2D eigenvalue weighted by atomic mass is 10.1. The molecule has 5 heteroatoms. The second-order valence-corrected chi connectivity index (χ2v) is 4.76. The molecule has 0 aliphatic carbocycles. The Kier molecular flexibility index (Phi) is 3.85. The number of hydrogen-bond donors (Lipinski definition) is 2. The van der Waals surface area contributed by atoms with E-state index in [1.165, 1.54) is 0 Å². The summed E-state index contributed by atoms with van der Waals surface area (Å²) in [4.78, 5) is 0. The molecule has 1 aromatic carbocycles. The van der Waals surface area contributed by atoms with Crippen molar-refractivity contribution in [3.05, 3.63) is 71.9 Å². The van der Waals surface area contributed by atoms with Crippen molar-refractivity contribution in [3.63, 3.8) is 0 Å². The van der Waals surface area contributed by atoms with E-state index in [1.54, 1.807) is 6.20 Å². The predicted molar refractivity (Wildman–Crippen MR) is 80.8 cm³/mol. The third-order valence-corrected chi connectivity index (χ3v) is 3.45. The molecule has 3 aromatic rings. The van der Waals surface area contributed by atoms with Crippen molar-refractivity contribution in [2.75, 3.05) is 0 Å². The summed E-state index contributed by atoms with van der Waals surface area (Å²) < 4.78 is 7.68. The average molecular weight is 282 g/mol. The summed E-state index contributed by atoms with van der Waals surface area (Å²) in [5.41, 5.74) is 4.73. The second-order valence-electron chi connectivity index (χ2n) is 4.76. The summed E-state index contributed by atoms with van der Waals surface area (Å²) in [7, 11) is 0. The second kappa shape index (κ2) is 5.95. The van der Waals surface area contributed by atoms with Crippen LogP contribution >= 0.6 is 0 Å². The molecule has 1 unspecified atom stereocenters. The highest BCUT2D eigenvalue weighted by Gasteiger charge is 2.21. The van der Waals surface area contributed by atoms with E-state index < -0.39 is 0 Å². The Morgan fingerprint density at radius 1 is 1.19 bits per heavy atom. The highest BCUT2D eigenvalue weighted by Crippen LogP contribution is 2.25. The van der Waals surface area contributed by atoms with Crippen molar-refractivity contribution >= 4 is 0 Å². The fourth-order valence-corrected chi connectivity index (χ4v) is 2.37. The van der Waals surface area contributed by atoms with Crippen LogP contribution in [0.2, 0.25) is 0 Å². The van der Waals surface area contributed by atoms with Crippen LogP contribution in [0.15, 0.2) is 59.1 Å². The first-order valence-electron chi connectivity index (χ1n) is 6.97. The number of para-hydroxylation sites is 1. The first-order chi connectivity index (χ1) is 10.3. The van der Waals surface area contributed by atoms with Gasteiger partial charge in [0, 0.05) is 12.6 Å². The highest BCUT2D eigenvalue weighted by atomic mass is 16.3. The Balaban J connectivity index is 2.01. The summed E-state index contributed by atoms with van der Waals surface area (Å²) >= 11 is 0. The number of nitrogens with two attached hydrogens (primary N) is 1. The number of nitrogens with zero attached hydrogens (tertiary/aromatic N) is 2. The lowest BCUT2D eigenvalue weighted by Gasteiger charge is -2.15. The van der Waals surface area contributed by atoms with Crippen molar-refractivity contribution in [1.82, 2.24) is 15.2 Å². The number of furan rings is 1. The quantitative estimate of drug-likeness (QED) is 0.557. The van der Waals surface area contributed by atoms with E-state index >= 15 is 0 Å². The van der Waals surface area contributed by atoms with Gasteiger partial charge in [0.15, 0.2) is 0 Å². The van der Waals surface area contributed by atoms with E-state index in [1.807, 2.05) is 53.2 Å². The number of hydrazine groups is 1. The molecule has 3 N–H and O–H groups in total. The molecule has 1 atom stereocenters. The van der Waals surface area contributed by atoms with Gasteiger partial charge in [0.2, 0.25) is 0 Å². The molecule has 0 aliphatic heterocycles. The highest BCUT2D eigenvalue weighted by molar-refractivity contribution is 5.34. The normalized spacial score (nSPS) is 12.5. The lowest BCUT2D eigenvalue weighted by Crippen LogP contribution is -2.30. The van der Waals surface area contributed by atoms with Gasteiger partial charge in [-0.1, -0.05) is 25.1 Å². The molecule has 2 aromatic heterocycles. The zero-order valence-electron chi connectivity index (χ0n) is 11.9. The monoisotopic (exact) mass is 282 g/mol. The summed E-state index contributed by atoms with van der Waals surface area (Å²) in [6.45, 7) is 2.06. The van der Waals surface area contributed by atoms with E-state index in [0.717, 1.165) is 29.3 Å². The van der Waals surface area contributed by atoms with Crippen LogP contribution in [0.3, 0.4) is 0 Å². The molecule has 21 heavy (non-hydrogen) atoms. The van der Waals surface area contributed by atoms with Crippen molar-refractivity contribution < 1.29 is 4.42 Å². The van der Waals surface area contributed by atoms with Crippen LogP contribution in [-0.4, -0.2) is 9.78 Å². The Morgan fingerprint density at radius 2 is 2.00 bits per heavy atom. The standard InChI is InChI=1S/C16H18N4O/c1-2-13-8-9-15(21-13)16(19-17)14-10-11-18-20(14)12-6-4-3-5-7-12/h3-11,16,19H,2,17H2,1H3. The van der Waals surface area contributed by atoms with Gasteiger partial charge in [-0.15, -0.1) is 0 Å². The molecule has 0 fully saturated rings. The predicted octanol–water partition coefficient (Wildman–Crippen LogP) is 2.58. The molecular formula is C16H18N4O. The Morgan fingerprint density at radius 3 is 2.67 bits per heavy atom. The Labute approximate surface area is 123 Å². The van der Waals surface area contributed by atoms with Gasteiger partial charge in [0.1, 0.15) is 17.6 Å². The fourth-order valence-electron chi connectivity index (χ4n) is 2.37. The van der Waals surface area contributed by atoms with Gasteiger partial charge in [0.05, 0.1) is 11.4 Å². The number of nitrogens with one attached hydrogen (secondary N) is 1. The molecular weight excluding hydrogens is 264 g/mol. The zero-order valence-corrected chi connectivity index (χ0v) is 11.9. The van der Waals surface area contributed by atoms with Crippen molar-refractivity contribution in [2.45, 2.75) is 19.4 Å². The maximum absolute atomic E-state index is 5.82. The molecule has 0 spiro atoms. The van der Waals surface area contributed by atoms with Gasteiger partial charge >= 0.3 is 0 Å². The van der Waals surface area contributed by atoms with Crippen LogP contribution in [0.5, 0.6) is 0 Å². The van der Waals surface area contributed by atoms with Crippen molar-refractivity contribution in [3.8, 4) is 5.69 Å². The average Bonchev–Trinajstić information content (AvgIpc) is 3.19. The van der Waals surface area contributed by atoms with Gasteiger partial charge in [-0.05, 0) is 30.3 Å². The third kappa shape index (κ3) is 2.61. The number of aromatic nitrogens is 2. The van der Waals surface area contributed by atoms with Crippen LogP contribution < -0.4 is 11.3 Å². The van der Waals surface area contributed by atoms with Crippen LogP contribution in [-0.2, 0) is 6.42 Å². The summed E-state index contributed by atoms with van der Waals surface area (Å²) in [5.74, 6) is 7.47. The minimum Gasteiger partial charge on any atom is -0.464 e. The maximum atomic E-state index is 5.82. The van der Waals surface area contributed by atoms with Gasteiger partial charge in [-0.25, -0.2) is 10.1 Å². The molecule has 108 valence electrons. The van der Waals surface area contributed by atoms with Gasteiger partial charge in [-0.3, -0.25) is 5.84 Å². The molecule has 0 saturated heterocycles. The summed E-state index contributed by atoms with van der Waals surface area (Å²) in [6.07, 6.45) is 2.62. The smallest absolute Gasteiger partial charge is 0.128 e. The minimum absolute atomic E-state index is 0.243. The SMILES string of the molecule is CCc1ccc(C(NN)c2ccnn2-c2ccccc2)o1. The fraction of sp³-hybridized carbons (Fsp3) is 0.188. The number of rotatable bonds is 5. The first kappa shape index (κ1) is 13.6. The largest absolute Gasteiger partial charge is 0.464 e. The molecule has 0 radical (unpaired) electrons. The molecule has 0 aliphatic rings. The van der Waals surface area contributed by atoms with Crippen molar-refractivity contribution in [2.24, 2.45) is 5.84 Å². The van der Waals surface area contributed by atoms with E-state index in [9.17, 15) is 0 Å². The maximum Gasteiger partial charge on any atom is 0.128 e. The minimum atomic E-state index is -0.243. The summed E-state index contributed by atoms with van der Waals surface area (Å²) in [6, 6.07) is 15.6. The van der Waals surface area contributed by atoms with Crippen LogP contribution in [0.25, 0.3) is 5.69 Å². The van der Waals surface area contributed by atoms with E-state index in [4.69, 9.17) is 10.3 Å². The number of benzene rings is 1. The van der Waals surface area contributed by atoms with E-state index in [0.29, 0.717) is 0 Å². The van der Waals surface area contributed by atoms with Gasteiger partial charge in [-0.2, -0.15) is 5.10 Å². The van der Waals surface area contributed by atoms with E-state index in [2.05, 4.69) is 17.4 Å². The molecule has 3 rings (SSSR count). The summed E-state index contributed by atoms with van der Waals surface area (Å²) in [5, 5.41) is 4.39. The van der Waals surface area contributed by atoms with Crippen LogP contribution in [0.1, 0.15) is 30.2 Å². The number of hydrogen-bond acceptors (Lipinski definition) is 4. The van der Waals surface area contributed by atoms with Gasteiger partial charge in [0.25, 0.3) is 0 Å². The van der Waals surface area contributed by atoms with Crippen LogP contribution in [0.4, 0.5) is 0 Å². The van der Waals surface area contributed by atoms with Gasteiger partial charge < -0.3 is 4.42 Å². The third-order valence-electron chi connectivity index (χ3n) is 3.45. The molecule has 0 saturated carbocycles. The van der Waals surface area contributed by atoms with Crippen LogP contribution in [0, 0.1) is 0 Å². The molecule has 2 heterocycles. The number of aryl methyl sites for hydroxylation is 1. The topological polar surface area (TPSA) is 69.0 Å². The molecule has 5 nitrogen and oxygen atoms in total. The molecule has 0 bridgehead atoms. The zero-order chi connectivity index (χ0) is 14.7. The molecule has 0 amide bonds. The van der Waals surface area contributed by atoms with Crippen molar-refractivity contribution in [1.29, 1.82) is 0 Å². The lowest BCUT2D eigenvalue weighted by molar-refractivity contribution is 0.418. The Hall–Kier alpha value is -2.37. The Bertz CT molecular complexity index is 702.